The van der Waals surface area contributed by atoms with Gasteiger partial charge in [-0.05, 0) is 44.0 Å². The van der Waals surface area contributed by atoms with Gasteiger partial charge in [0.05, 0.1) is 12.6 Å². The van der Waals surface area contributed by atoms with Crippen molar-refractivity contribution in [2.75, 3.05) is 13.1 Å². The molecule has 0 saturated carbocycles. The Labute approximate surface area is 203 Å². The summed E-state index contributed by atoms with van der Waals surface area (Å²) < 4.78 is 3.26. The number of carbonyl (C=O) groups excluding carboxylic acids is 3. The molecular weight excluding hydrogens is 499 g/mol. The summed E-state index contributed by atoms with van der Waals surface area (Å²) in [5.41, 5.74) is 1.18. The molecule has 0 aromatic carbocycles. The van der Waals surface area contributed by atoms with Gasteiger partial charge in [0.25, 0.3) is 9.70 Å². The number of thiophene rings is 1. The highest BCUT2D eigenvalue weighted by Gasteiger charge is 2.35. The summed E-state index contributed by atoms with van der Waals surface area (Å²) in [6.45, 7) is 5.63. The maximum atomic E-state index is 12.8. The minimum Gasteiger partial charge on any atom is -0.444 e. The van der Waals surface area contributed by atoms with Crippen LogP contribution in [0.15, 0.2) is 29.8 Å². The second kappa shape index (κ2) is 9.43. The van der Waals surface area contributed by atoms with Crippen LogP contribution >= 0.6 is 46.1 Å². The zero-order valence-electron chi connectivity index (χ0n) is 17.4. The molecule has 3 rings (SSSR count). The fourth-order valence-corrected chi connectivity index (χ4v) is 4.15. The van der Waals surface area contributed by atoms with Gasteiger partial charge >= 0.3 is 12.1 Å². The topological polar surface area (TPSA) is 101 Å². The van der Waals surface area contributed by atoms with Crippen LogP contribution in [0.4, 0.5) is 9.59 Å². The third-order valence-corrected chi connectivity index (χ3v) is 5.83. The number of ether oxygens (including phenoxy) is 1. The van der Waals surface area contributed by atoms with Crippen LogP contribution in [-0.2, 0) is 9.53 Å². The van der Waals surface area contributed by atoms with Crippen LogP contribution in [0, 0.1) is 0 Å². The predicted molar refractivity (Wildman–Crippen MR) is 126 cm³/mol. The predicted octanol–water partition coefficient (Wildman–Crippen LogP) is 4.50. The number of hydrogen-bond donors (Lipinski definition) is 2. The van der Waals surface area contributed by atoms with Gasteiger partial charge in [-0.2, -0.15) is 0 Å². The van der Waals surface area contributed by atoms with Gasteiger partial charge in [0.2, 0.25) is 0 Å². The van der Waals surface area contributed by atoms with Crippen molar-refractivity contribution in [3.05, 3.63) is 35.3 Å². The zero-order valence-corrected chi connectivity index (χ0v) is 20.5. The Morgan fingerprint density at radius 1 is 1.28 bits per heavy atom. The molecule has 0 bridgehead atoms. The van der Waals surface area contributed by atoms with Crippen molar-refractivity contribution in [1.82, 2.24) is 20.5 Å². The van der Waals surface area contributed by atoms with E-state index in [0.29, 0.717) is 0 Å². The van der Waals surface area contributed by atoms with Crippen LogP contribution in [0.1, 0.15) is 26.3 Å². The summed E-state index contributed by atoms with van der Waals surface area (Å²) in [6, 6.07) is 2.46. The molecule has 1 atom stereocenters. The minimum absolute atomic E-state index is 0.0159. The second-order valence-corrected chi connectivity index (χ2v) is 11.2. The first-order valence-electron chi connectivity index (χ1n) is 9.54. The summed E-state index contributed by atoms with van der Waals surface area (Å²) in [6.07, 6.45) is 3.09. The number of nitrogens with one attached hydrogen (secondary N) is 2. The molecule has 1 aliphatic heterocycles. The number of imide groups is 1. The number of alkyl halides is 3. The third-order valence-electron chi connectivity index (χ3n) is 4.41. The van der Waals surface area contributed by atoms with Gasteiger partial charge in [0.15, 0.2) is 0 Å². The molecular formula is C20H21Cl3N4O4S. The number of rotatable bonds is 3. The Balaban J connectivity index is 1.79. The first kappa shape index (κ1) is 24.6. The average molecular weight is 520 g/mol. The van der Waals surface area contributed by atoms with E-state index in [4.69, 9.17) is 39.5 Å². The summed E-state index contributed by atoms with van der Waals surface area (Å²) in [7, 11) is 0. The molecule has 0 saturated heterocycles. The molecule has 172 valence electrons. The van der Waals surface area contributed by atoms with Crippen LogP contribution in [0.2, 0.25) is 0 Å². The lowest BCUT2D eigenvalue weighted by Gasteiger charge is -2.28. The normalized spacial score (nSPS) is 16.6. The van der Waals surface area contributed by atoms with Crippen LogP contribution in [0.5, 0.6) is 0 Å². The zero-order chi connectivity index (χ0) is 23.7. The summed E-state index contributed by atoms with van der Waals surface area (Å²) in [5.74, 6) is -1.08. The second-order valence-electron chi connectivity index (χ2n) is 8.03. The van der Waals surface area contributed by atoms with E-state index in [9.17, 15) is 14.4 Å². The number of nitrogens with zero attached hydrogens (tertiary/aromatic N) is 2. The van der Waals surface area contributed by atoms with Crippen LogP contribution in [0.3, 0.4) is 0 Å². The number of aromatic nitrogens is 1. The van der Waals surface area contributed by atoms with Gasteiger partial charge < -0.3 is 10.1 Å². The number of fused-ring (bicyclic) bond motifs is 1. The van der Waals surface area contributed by atoms with E-state index in [1.165, 1.54) is 16.2 Å². The summed E-state index contributed by atoms with van der Waals surface area (Å²) >= 11 is 17.9. The quantitative estimate of drug-likeness (QED) is 0.582. The van der Waals surface area contributed by atoms with Crippen LogP contribution in [-0.4, -0.2) is 56.4 Å². The molecule has 0 fully saturated rings. The van der Waals surface area contributed by atoms with Gasteiger partial charge in [-0.3, -0.25) is 15.0 Å². The SMILES string of the molecule is CC(C)(C)OC(=O)N1CC(c2csc3ncccc23)=CC1CNC(=O)NC(=O)C(Cl)(Cl)Cl. The van der Waals surface area contributed by atoms with E-state index < -0.39 is 33.5 Å². The molecule has 1 unspecified atom stereocenters. The monoisotopic (exact) mass is 518 g/mol. The Morgan fingerprint density at radius 2 is 2.00 bits per heavy atom. The standard InChI is InChI=1S/C20H21Cl3N4O4S/c1-19(2,3)31-18(30)27-9-11(14-10-32-15-13(14)5-4-6-24-15)7-12(27)8-25-17(29)26-16(28)20(21,22)23/h4-7,10,12H,8-9H2,1-3H3,(H2,25,26,28,29). The van der Waals surface area contributed by atoms with E-state index in [0.717, 1.165) is 21.4 Å². The first-order chi connectivity index (χ1) is 14.8. The van der Waals surface area contributed by atoms with Gasteiger partial charge in [0.1, 0.15) is 10.4 Å². The summed E-state index contributed by atoms with van der Waals surface area (Å²) in [4.78, 5) is 43.3. The van der Waals surface area contributed by atoms with Crippen molar-refractivity contribution in [2.45, 2.75) is 36.2 Å². The number of hydrogen-bond acceptors (Lipinski definition) is 6. The number of carbonyl (C=O) groups is 3. The molecule has 2 N–H and O–H groups in total. The van der Waals surface area contributed by atoms with Crippen LogP contribution < -0.4 is 10.6 Å². The molecule has 4 amide bonds. The van der Waals surface area contributed by atoms with Crippen molar-refractivity contribution in [3.63, 3.8) is 0 Å². The lowest BCUT2D eigenvalue weighted by atomic mass is 10.1. The lowest BCUT2D eigenvalue weighted by Crippen LogP contribution is -2.49. The molecule has 3 heterocycles. The lowest BCUT2D eigenvalue weighted by molar-refractivity contribution is -0.119. The van der Waals surface area contributed by atoms with E-state index >= 15 is 0 Å². The van der Waals surface area contributed by atoms with Crippen molar-refractivity contribution < 1.29 is 19.1 Å². The summed E-state index contributed by atoms with van der Waals surface area (Å²) in [5, 5.41) is 7.43. The molecule has 0 spiro atoms. The highest BCUT2D eigenvalue weighted by Crippen LogP contribution is 2.34. The molecule has 32 heavy (non-hydrogen) atoms. The number of urea groups is 1. The number of amides is 4. The largest absolute Gasteiger partial charge is 0.444 e. The minimum atomic E-state index is -2.27. The van der Waals surface area contributed by atoms with E-state index in [-0.39, 0.29) is 13.1 Å². The van der Waals surface area contributed by atoms with Crippen molar-refractivity contribution in [2.24, 2.45) is 0 Å². The molecule has 2 aromatic rings. The smallest absolute Gasteiger partial charge is 0.411 e. The molecule has 12 heteroatoms. The van der Waals surface area contributed by atoms with Crippen molar-refractivity contribution in [1.29, 1.82) is 0 Å². The fraction of sp³-hybridized carbons (Fsp3) is 0.400. The highest BCUT2D eigenvalue weighted by molar-refractivity contribution is 7.17. The van der Waals surface area contributed by atoms with E-state index in [1.807, 2.05) is 28.9 Å². The van der Waals surface area contributed by atoms with Gasteiger partial charge in [-0.1, -0.05) is 40.9 Å². The maximum Gasteiger partial charge on any atom is 0.411 e. The van der Waals surface area contributed by atoms with Crippen molar-refractivity contribution in [3.8, 4) is 0 Å². The highest BCUT2D eigenvalue weighted by atomic mass is 35.6. The molecule has 8 nitrogen and oxygen atoms in total. The van der Waals surface area contributed by atoms with Crippen molar-refractivity contribution >= 4 is 80.0 Å². The van der Waals surface area contributed by atoms with E-state index in [2.05, 4.69) is 10.3 Å². The Kier molecular flexibility index (Phi) is 7.24. The molecule has 0 radical (unpaired) electrons. The third kappa shape index (κ3) is 6.04. The van der Waals surface area contributed by atoms with Crippen LogP contribution in [0.25, 0.3) is 15.8 Å². The Bertz CT molecular complexity index is 1070. The van der Waals surface area contributed by atoms with Gasteiger partial charge in [-0.25, -0.2) is 14.6 Å². The maximum absolute atomic E-state index is 12.8. The van der Waals surface area contributed by atoms with Gasteiger partial charge in [-0.15, -0.1) is 11.3 Å². The van der Waals surface area contributed by atoms with E-state index in [1.54, 1.807) is 27.0 Å². The first-order valence-corrected chi connectivity index (χ1v) is 11.6. The number of halogens is 3. The fourth-order valence-electron chi connectivity index (χ4n) is 3.07. The Hall–Kier alpha value is -2.07. The molecule has 0 aliphatic carbocycles. The Morgan fingerprint density at radius 3 is 2.66 bits per heavy atom. The average Bonchev–Trinajstić information content (AvgIpc) is 3.28. The molecule has 2 aromatic heterocycles. The molecule has 1 aliphatic rings. The number of pyridine rings is 1. The van der Waals surface area contributed by atoms with Gasteiger partial charge in [0, 0.05) is 23.5 Å².